The highest BCUT2D eigenvalue weighted by Crippen LogP contribution is 2.14. The van der Waals surface area contributed by atoms with Crippen LogP contribution in [0, 0.1) is 0 Å². The van der Waals surface area contributed by atoms with Crippen molar-refractivity contribution in [1.29, 1.82) is 0 Å². The molecule has 0 fully saturated rings. The van der Waals surface area contributed by atoms with Crippen molar-refractivity contribution in [3.05, 3.63) is 0 Å². The molecule has 106 valence electrons. The van der Waals surface area contributed by atoms with Crippen LogP contribution >= 0.6 is 0 Å². The molecule has 0 aliphatic heterocycles. The van der Waals surface area contributed by atoms with Crippen LogP contribution in [-0.4, -0.2) is 53.3 Å². The maximum Gasteiger partial charge on any atom is 0.329 e. The van der Waals surface area contributed by atoms with Gasteiger partial charge in [-0.2, -0.15) is 0 Å². The van der Waals surface area contributed by atoms with Gasteiger partial charge in [-0.15, -0.1) is 0 Å². The molecule has 0 saturated carbocycles. The number of carboxylic acid groups (broad SMARTS) is 1. The first-order valence-corrected chi connectivity index (χ1v) is 6.16. The molecule has 0 bridgehead atoms. The maximum atomic E-state index is 12.0. The summed E-state index contributed by atoms with van der Waals surface area (Å²) in [5.74, 6) is -1.03. The predicted molar refractivity (Wildman–Crippen MR) is 68.6 cm³/mol. The molecule has 0 aliphatic carbocycles. The summed E-state index contributed by atoms with van der Waals surface area (Å²) in [6, 6.07) is -0.548. The third-order valence-corrected chi connectivity index (χ3v) is 2.70. The van der Waals surface area contributed by atoms with Gasteiger partial charge in [0.2, 0.25) is 0 Å². The van der Waals surface area contributed by atoms with Crippen molar-refractivity contribution in [2.24, 2.45) is 0 Å². The third kappa shape index (κ3) is 4.52. The molecule has 0 aromatic heterocycles. The minimum Gasteiger partial charge on any atom is -0.480 e. The Morgan fingerprint density at radius 2 is 1.94 bits per heavy atom. The first kappa shape index (κ1) is 16.7. The van der Waals surface area contributed by atoms with Crippen LogP contribution in [0.5, 0.6) is 0 Å². The average Bonchev–Trinajstić information content (AvgIpc) is 2.26. The number of ether oxygens (including phenoxy) is 1. The molecule has 0 radical (unpaired) electrons. The van der Waals surface area contributed by atoms with Gasteiger partial charge in [-0.1, -0.05) is 0 Å². The number of rotatable bonds is 7. The van der Waals surface area contributed by atoms with E-state index in [1.807, 2.05) is 13.8 Å². The summed E-state index contributed by atoms with van der Waals surface area (Å²) in [6.45, 7) is 9.77. The summed E-state index contributed by atoms with van der Waals surface area (Å²) >= 11 is 0. The third-order valence-electron chi connectivity index (χ3n) is 2.70. The summed E-state index contributed by atoms with van der Waals surface area (Å²) in [4.78, 5) is 24.4. The van der Waals surface area contributed by atoms with Crippen LogP contribution in [0.3, 0.4) is 0 Å². The highest BCUT2D eigenvalue weighted by molar-refractivity contribution is 5.85. The van der Waals surface area contributed by atoms with E-state index in [-0.39, 0.29) is 6.04 Å². The second-order valence-electron chi connectivity index (χ2n) is 4.62. The van der Waals surface area contributed by atoms with E-state index in [1.54, 1.807) is 6.92 Å². The Kier molecular flexibility index (Phi) is 6.68. The molecule has 2 amide bonds. The Bertz CT molecular complexity index is 292. The van der Waals surface area contributed by atoms with Gasteiger partial charge in [0.05, 0.1) is 12.6 Å². The molecular weight excluding hydrogens is 236 g/mol. The van der Waals surface area contributed by atoms with Gasteiger partial charge in [0, 0.05) is 13.2 Å². The molecule has 0 spiro atoms. The zero-order valence-electron chi connectivity index (χ0n) is 11.8. The number of nitrogens with one attached hydrogen (secondary N) is 1. The molecule has 18 heavy (non-hydrogen) atoms. The van der Waals surface area contributed by atoms with Crippen LogP contribution < -0.4 is 5.32 Å². The van der Waals surface area contributed by atoms with Gasteiger partial charge < -0.3 is 20.1 Å². The van der Waals surface area contributed by atoms with E-state index in [2.05, 4.69) is 5.32 Å². The van der Waals surface area contributed by atoms with Gasteiger partial charge >= 0.3 is 12.0 Å². The number of nitrogens with zero attached hydrogens (tertiary/aromatic N) is 1. The smallest absolute Gasteiger partial charge is 0.329 e. The van der Waals surface area contributed by atoms with Crippen molar-refractivity contribution in [2.75, 3.05) is 19.8 Å². The van der Waals surface area contributed by atoms with Crippen molar-refractivity contribution >= 4 is 12.0 Å². The zero-order chi connectivity index (χ0) is 14.3. The monoisotopic (exact) mass is 260 g/mol. The molecule has 0 saturated heterocycles. The molecule has 0 rings (SSSR count). The number of hydrogen-bond donors (Lipinski definition) is 2. The predicted octanol–water partition coefficient (Wildman–Crippen LogP) is 1.31. The van der Waals surface area contributed by atoms with Gasteiger partial charge in [-0.3, -0.25) is 0 Å². The lowest BCUT2D eigenvalue weighted by Gasteiger charge is -2.35. The van der Waals surface area contributed by atoms with Crippen molar-refractivity contribution in [3.63, 3.8) is 0 Å². The Hall–Kier alpha value is -1.30. The quantitative estimate of drug-likeness (QED) is 0.723. The average molecular weight is 260 g/mol. The first-order valence-electron chi connectivity index (χ1n) is 6.16. The molecule has 0 heterocycles. The summed E-state index contributed by atoms with van der Waals surface area (Å²) in [6.07, 6.45) is 0. The standard InChI is InChI=1S/C12H24N2O4/c1-6-14(12(4,5)10(15)16)11(17)13-9(3)8-18-7-2/h9H,6-8H2,1-5H3,(H,13,17)(H,15,16). The van der Waals surface area contributed by atoms with Crippen molar-refractivity contribution in [1.82, 2.24) is 10.2 Å². The second kappa shape index (κ2) is 7.20. The Balaban J connectivity index is 4.58. The number of urea groups is 1. The topological polar surface area (TPSA) is 78.9 Å². The summed E-state index contributed by atoms with van der Waals surface area (Å²) in [5.41, 5.74) is -1.23. The molecule has 6 heteroatoms. The lowest BCUT2D eigenvalue weighted by Crippen LogP contribution is -2.57. The van der Waals surface area contributed by atoms with Gasteiger partial charge in [-0.25, -0.2) is 9.59 Å². The highest BCUT2D eigenvalue weighted by Gasteiger charge is 2.37. The Labute approximate surface area is 108 Å². The number of carboxylic acids is 1. The van der Waals surface area contributed by atoms with Crippen LogP contribution in [0.1, 0.15) is 34.6 Å². The van der Waals surface area contributed by atoms with Crippen molar-refractivity contribution < 1.29 is 19.4 Å². The van der Waals surface area contributed by atoms with E-state index < -0.39 is 17.5 Å². The van der Waals surface area contributed by atoms with Crippen molar-refractivity contribution in [2.45, 2.75) is 46.2 Å². The van der Waals surface area contributed by atoms with Crippen LogP contribution in [0.15, 0.2) is 0 Å². The minimum absolute atomic E-state index is 0.156. The first-order chi connectivity index (χ1) is 8.27. The molecule has 0 aromatic rings. The molecule has 2 N–H and O–H groups in total. The number of hydrogen-bond acceptors (Lipinski definition) is 3. The number of amides is 2. The normalized spacial score (nSPS) is 12.9. The number of carbonyl (C=O) groups excluding carboxylic acids is 1. The zero-order valence-corrected chi connectivity index (χ0v) is 11.8. The fraction of sp³-hybridized carbons (Fsp3) is 0.833. The van der Waals surface area contributed by atoms with Crippen molar-refractivity contribution in [3.8, 4) is 0 Å². The van der Waals surface area contributed by atoms with E-state index in [0.29, 0.717) is 19.8 Å². The summed E-state index contributed by atoms with van der Waals surface area (Å²) < 4.78 is 5.19. The largest absolute Gasteiger partial charge is 0.480 e. The van der Waals surface area contributed by atoms with Gasteiger partial charge in [0.1, 0.15) is 5.54 Å². The lowest BCUT2D eigenvalue weighted by molar-refractivity contribution is -0.147. The second-order valence-corrected chi connectivity index (χ2v) is 4.62. The molecule has 0 aliphatic rings. The fourth-order valence-electron chi connectivity index (χ4n) is 1.53. The SMILES string of the molecule is CCOCC(C)NC(=O)N(CC)C(C)(C)C(=O)O. The van der Waals surface area contributed by atoms with Gasteiger partial charge in [0.15, 0.2) is 0 Å². The number of carbonyl (C=O) groups is 2. The molecule has 0 aromatic carbocycles. The molecule has 1 atom stereocenters. The van der Waals surface area contributed by atoms with Crippen LogP contribution in [0.2, 0.25) is 0 Å². The Morgan fingerprint density at radius 3 is 2.33 bits per heavy atom. The molecule has 6 nitrogen and oxygen atoms in total. The number of aliphatic carboxylic acids is 1. The lowest BCUT2D eigenvalue weighted by atomic mass is 10.0. The van der Waals surface area contributed by atoms with Gasteiger partial charge in [0.25, 0.3) is 0 Å². The van der Waals surface area contributed by atoms with Crippen LogP contribution in [0.4, 0.5) is 4.79 Å². The summed E-state index contributed by atoms with van der Waals surface area (Å²) in [7, 11) is 0. The molecule has 1 unspecified atom stereocenters. The number of likely N-dealkylation sites (N-methyl/N-ethyl adjacent to an activating group) is 1. The van der Waals surface area contributed by atoms with Crippen LogP contribution in [-0.2, 0) is 9.53 Å². The fourth-order valence-corrected chi connectivity index (χ4v) is 1.53. The summed E-state index contributed by atoms with van der Waals surface area (Å²) in [5, 5.41) is 11.8. The van der Waals surface area contributed by atoms with E-state index in [1.165, 1.54) is 18.7 Å². The maximum absolute atomic E-state index is 12.0. The minimum atomic E-state index is -1.23. The van der Waals surface area contributed by atoms with E-state index in [0.717, 1.165) is 0 Å². The Morgan fingerprint density at radius 1 is 1.39 bits per heavy atom. The molecular formula is C12H24N2O4. The van der Waals surface area contributed by atoms with Crippen LogP contribution in [0.25, 0.3) is 0 Å². The van der Waals surface area contributed by atoms with E-state index >= 15 is 0 Å². The van der Waals surface area contributed by atoms with Gasteiger partial charge in [-0.05, 0) is 34.6 Å². The van der Waals surface area contributed by atoms with E-state index in [4.69, 9.17) is 9.84 Å². The highest BCUT2D eigenvalue weighted by atomic mass is 16.5. The van der Waals surface area contributed by atoms with E-state index in [9.17, 15) is 9.59 Å².